The molecular formula is C18H17N7S. The average Bonchev–Trinajstić information content (AvgIpc) is 3.29. The summed E-state index contributed by atoms with van der Waals surface area (Å²) in [5, 5.41) is 11.3. The Bertz CT molecular complexity index is 1050. The Morgan fingerprint density at radius 2 is 1.96 bits per heavy atom. The van der Waals surface area contributed by atoms with Crippen LogP contribution in [0.25, 0.3) is 22.6 Å². The molecule has 4 rings (SSSR count). The van der Waals surface area contributed by atoms with E-state index in [2.05, 4.69) is 44.3 Å². The second-order valence-corrected chi connectivity index (χ2v) is 6.53. The molecule has 4 aromatic rings. The van der Waals surface area contributed by atoms with Gasteiger partial charge >= 0.3 is 0 Å². The predicted molar refractivity (Wildman–Crippen MR) is 105 cm³/mol. The summed E-state index contributed by atoms with van der Waals surface area (Å²) in [6.07, 6.45) is 1.71. The van der Waals surface area contributed by atoms with Crippen LogP contribution in [0.3, 0.4) is 0 Å². The van der Waals surface area contributed by atoms with Crippen LogP contribution in [-0.2, 0) is 0 Å². The van der Waals surface area contributed by atoms with Gasteiger partial charge < -0.3 is 14.9 Å². The number of imidazole rings is 1. The highest BCUT2D eigenvalue weighted by Crippen LogP contribution is 2.20. The van der Waals surface area contributed by atoms with Gasteiger partial charge in [-0.05, 0) is 38.1 Å². The molecule has 2 N–H and O–H groups in total. The van der Waals surface area contributed by atoms with Crippen LogP contribution >= 0.6 is 12.2 Å². The second kappa shape index (κ2) is 6.64. The molecule has 0 saturated carbocycles. The number of nitrogens with one attached hydrogen (secondary N) is 2. The highest BCUT2D eigenvalue weighted by Gasteiger charge is 2.13. The number of H-pyrrole nitrogens is 1. The minimum Gasteiger partial charge on any atom is -0.336 e. The van der Waals surface area contributed by atoms with E-state index in [-0.39, 0.29) is 6.04 Å². The summed E-state index contributed by atoms with van der Waals surface area (Å²) in [5.41, 5.74) is 2.55. The van der Waals surface area contributed by atoms with Crippen LogP contribution < -0.4 is 5.32 Å². The van der Waals surface area contributed by atoms with Gasteiger partial charge in [-0.3, -0.25) is 0 Å². The molecule has 26 heavy (non-hydrogen) atoms. The van der Waals surface area contributed by atoms with E-state index >= 15 is 0 Å². The first kappa shape index (κ1) is 16.3. The molecule has 1 aromatic carbocycles. The van der Waals surface area contributed by atoms with Gasteiger partial charge in [0.25, 0.3) is 0 Å². The highest BCUT2D eigenvalue weighted by atomic mass is 32.1. The smallest absolute Gasteiger partial charge is 0.182 e. The zero-order valence-electron chi connectivity index (χ0n) is 14.3. The van der Waals surface area contributed by atoms with Crippen molar-refractivity contribution in [1.82, 2.24) is 29.7 Å². The topological polar surface area (TPSA) is 84.3 Å². The number of pyridine rings is 1. The Morgan fingerprint density at radius 3 is 2.77 bits per heavy atom. The van der Waals surface area contributed by atoms with Gasteiger partial charge in [0, 0.05) is 6.04 Å². The van der Waals surface area contributed by atoms with Crippen molar-refractivity contribution in [3.05, 3.63) is 54.6 Å². The first-order valence-electron chi connectivity index (χ1n) is 8.25. The van der Waals surface area contributed by atoms with Crippen molar-refractivity contribution in [3.63, 3.8) is 0 Å². The maximum Gasteiger partial charge on any atom is 0.182 e. The Labute approximate surface area is 155 Å². The van der Waals surface area contributed by atoms with E-state index in [4.69, 9.17) is 12.2 Å². The van der Waals surface area contributed by atoms with E-state index in [1.54, 1.807) is 6.33 Å². The van der Waals surface area contributed by atoms with Crippen LogP contribution in [0.2, 0.25) is 0 Å². The lowest BCUT2D eigenvalue weighted by atomic mass is 10.3. The number of benzene rings is 1. The molecule has 3 heterocycles. The minimum atomic E-state index is 0.245. The maximum absolute atomic E-state index is 5.48. The third-order valence-electron chi connectivity index (χ3n) is 3.95. The second-order valence-electron chi connectivity index (χ2n) is 6.12. The van der Waals surface area contributed by atoms with Crippen LogP contribution in [0, 0.1) is 0 Å². The highest BCUT2D eigenvalue weighted by molar-refractivity contribution is 7.81. The lowest BCUT2D eigenvalue weighted by Crippen LogP contribution is -2.13. The summed E-state index contributed by atoms with van der Waals surface area (Å²) >= 11 is 5.48. The molecule has 0 aliphatic carbocycles. The van der Waals surface area contributed by atoms with E-state index < -0.39 is 0 Å². The molecule has 0 radical (unpaired) electrons. The summed E-state index contributed by atoms with van der Waals surface area (Å²) in [7, 11) is 0. The van der Waals surface area contributed by atoms with Crippen molar-refractivity contribution >= 4 is 34.1 Å². The number of rotatable bonds is 4. The largest absolute Gasteiger partial charge is 0.336 e. The lowest BCUT2D eigenvalue weighted by Gasteiger charge is -2.10. The number of aromatic nitrogens is 6. The van der Waals surface area contributed by atoms with Crippen LogP contribution in [0.1, 0.15) is 25.7 Å². The van der Waals surface area contributed by atoms with Gasteiger partial charge in [0.05, 0.1) is 11.0 Å². The molecule has 0 unspecified atom stereocenters. The molecule has 0 bridgehead atoms. The molecule has 0 aliphatic heterocycles. The zero-order valence-corrected chi connectivity index (χ0v) is 15.2. The van der Waals surface area contributed by atoms with Gasteiger partial charge in [-0.1, -0.05) is 30.4 Å². The lowest BCUT2D eigenvalue weighted by molar-refractivity contribution is 0.603. The SMILES string of the molecule is CC(C)n1cnnc1-c1cccc(NC(=S)c2nc3ccccc3[nH]2)n1. The predicted octanol–water partition coefficient (Wildman–Crippen LogP) is 3.58. The molecule has 0 aliphatic rings. The van der Waals surface area contributed by atoms with Crippen molar-refractivity contribution in [3.8, 4) is 11.5 Å². The molecule has 130 valence electrons. The fourth-order valence-corrected chi connectivity index (χ4v) is 2.87. The number of nitrogens with zero attached hydrogens (tertiary/aromatic N) is 5. The van der Waals surface area contributed by atoms with Gasteiger partial charge in [-0.2, -0.15) is 0 Å². The zero-order chi connectivity index (χ0) is 18.1. The van der Waals surface area contributed by atoms with Gasteiger partial charge in [-0.25, -0.2) is 9.97 Å². The Balaban J connectivity index is 1.60. The summed E-state index contributed by atoms with van der Waals surface area (Å²) in [6.45, 7) is 4.15. The maximum atomic E-state index is 5.48. The Morgan fingerprint density at radius 1 is 1.12 bits per heavy atom. The van der Waals surface area contributed by atoms with E-state index in [0.717, 1.165) is 22.6 Å². The van der Waals surface area contributed by atoms with Gasteiger partial charge in [-0.15, -0.1) is 10.2 Å². The van der Waals surface area contributed by atoms with Gasteiger partial charge in [0.15, 0.2) is 11.6 Å². The van der Waals surface area contributed by atoms with E-state index in [0.29, 0.717) is 16.6 Å². The van der Waals surface area contributed by atoms with Crippen LogP contribution in [-0.4, -0.2) is 34.7 Å². The quantitative estimate of drug-likeness (QED) is 0.539. The number of fused-ring (bicyclic) bond motifs is 1. The number of para-hydroxylation sites is 2. The summed E-state index contributed by atoms with van der Waals surface area (Å²) in [6, 6.07) is 13.7. The van der Waals surface area contributed by atoms with Crippen molar-refractivity contribution in [2.24, 2.45) is 0 Å². The molecular weight excluding hydrogens is 346 g/mol. The molecule has 0 atom stereocenters. The number of aromatic amines is 1. The number of anilines is 1. The minimum absolute atomic E-state index is 0.245. The van der Waals surface area contributed by atoms with E-state index in [9.17, 15) is 0 Å². The monoisotopic (exact) mass is 363 g/mol. The molecule has 0 fully saturated rings. The van der Waals surface area contributed by atoms with Gasteiger partial charge in [0.2, 0.25) is 0 Å². The number of hydrogen-bond acceptors (Lipinski definition) is 5. The number of thiocarbonyl (C=S) groups is 1. The molecule has 8 heteroatoms. The summed E-state index contributed by atoms with van der Waals surface area (Å²) in [5.74, 6) is 1.96. The molecule has 3 aromatic heterocycles. The number of hydrogen-bond donors (Lipinski definition) is 2. The first-order chi connectivity index (χ1) is 12.6. The van der Waals surface area contributed by atoms with Crippen molar-refractivity contribution in [2.75, 3.05) is 5.32 Å². The molecule has 0 saturated heterocycles. The third-order valence-corrected chi connectivity index (χ3v) is 4.25. The van der Waals surface area contributed by atoms with Crippen molar-refractivity contribution < 1.29 is 0 Å². The van der Waals surface area contributed by atoms with Crippen LogP contribution in [0.4, 0.5) is 5.82 Å². The Kier molecular flexibility index (Phi) is 4.18. The molecule has 0 spiro atoms. The van der Waals surface area contributed by atoms with E-state index in [1.807, 2.05) is 47.0 Å². The fourth-order valence-electron chi connectivity index (χ4n) is 2.67. The first-order valence-corrected chi connectivity index (χ1v) is 8.65. The summed E-state index contributed by atoms with van der Waals surface area (Å²) < 4.78 is 1.98. The third kappa shape index (κ3) is 3.06. The average molecular weight is 363 g/mol. The molecule has 0 amide bonds. The Hall–Kier alpha value is -3.13. The summed E-state index contributed by atoms with van der Waals surface area (Å²) in [4.78, 5) is 12.8. The molecule has 7 nitrogen and oxygen atoms in total. The van der Waals surface area contributed by atoms with Crippen LogP contribution in [0.15, 0.2) is 48.8 Å². The van der Waals surface area contributed by atoms with E-state index in [1.165, 1.54) is 0 Å². The normalized spacial score (nSPS) is 11.2. The van der Waals surface area contributed by atoms with Crippen molar-refractivity contribution in [1.29, 1.82) is 0 Å². The fraction of sp³-hybridized carbons (Fsp3) is 0.167. The van der Waals surface area contributed by atoms with Crippen molar-refractivity contribution in [2.45, 2.75) is 19.9 Å². The van der Waals surface area contributed by atoms with Gasteiger partial charge in [0.1, 0.15) is 22.8 Å². The standard InChI is InChI=1S/C18H17N7S/c1-11(2)25-10-19-24-17(25)14-8-5-9-15(20-14)23-18(26)16-21-12-6-3-4-7-13(12)22-16/h3-11H,1-2H3,(H,21,22)(H,20,23,26). The van der Waals surface area contributed by atoms with Crippen LogP contribution in [0.5, 0.6) is 0 Å².